The molecule has 0 radical (unpaired) electrons. The van der Waals surface area contributed by atoms with Crippen LogP contribution in [0.5, 0.6) is 5.75 Å². The summed E-state index contributed by atoms with van der Waals surface area (Å²) in [6, 6.07) is 6.17. The fraction of sp³-hybridized carbons (Fsp3) is 0.636. The molecule has 0 spiro atoms. The highest BCUT2D eigenvalue weighted by atomic mass is 19.3. The van der Waals surface area contributed by atoms with Gasteiger partial charge in [-0.05, 0) is 98.4 Å². The van der Waals surface area contributed by atoms with Crippen molar-refractivity contribution in [2.24, 2.45) is 28.3 Å². The van der Waals surface area contributed by atoms with E-state index < -0.39 is 6.61 Å². The zero-order chi connectivity index (χ0) is 20.4. The maximum Gasteiger partial charge on any atom is 0.387 e. The number of carbonyl (C=O) groups is 1. The summed E-state index contributed by atoms with van der Waals surface area (Å²) in [5, 5.41) is 6.93. The third-order valence-corrected chi connectivity index (χ3v) is 6.96. The van der Waals surface area contributed by atoms with Crippen molar-refractivity contribution in [2.45, 2.75) is 58.1 Å². The third-order valence-electron chi connectivity index (χ3n) is 6.96. The zero-order valence-electron chi connectivity index (χ0n) is 16.7. The molecule has 0 aromatic heterocycles. The summed E-state index contributed by atoms with van der Waals surface area (Å²) in [6.45, 7) is -0.853. The van der Waals surface area contributed by atoms with E-state index in [1.807, 2.05) is 0 Å². The number of alkyl halides is 2. The molecule has 1 aromatic rings. The van der Waals surface area contributed by atoms with Gasteiger partial charge in [-0.3, -0.25) is 4.79 Å². The molecule has 4 bridgehead atoms. The van der Waals surface area contributed by atoms with Crippen molar-refractivity contribution in [2.75, 3.05) is 6.61 Å². The van der Waals surface area contributed by atoms with Crippen LogP contribution in [0, 0.1) is 23.2 Å². The van der Waals surface area contributed by atoms with E-state index in [1.54, 1.807) is 12.1 Å². The average Bonchev–Trinajstić information content (AvgIpc) is 2.65. The van der Waals surface area contributed by atoms with Crippen LogP contribution in [-0.4, -0.2) is 31.4 Å². The monoisotopic (exact) mass is 406 g/mol. The highest BCUT2D eigenvalue weighted by molar-refractivity contribution is 5.80. The van der Waals surface area contributed by atoms with Crippen LogP contribution >= 0.6 is 0 Å². The van der Waals surface area contributed by atoms with Crippen LogP contribution in [0.25, 0.3) is 0 Å². The maximum atomic E-state index is 12.3. The number of halogens is 2. The molecule has 1 atom stereocenters. The topological polar surface area (TPSA) is 59.9 Å². The smallest absolute Gasteiger partial charge is 0.387 e. The first kappa shape index (κ1) is 20.1. The summed E-state index contributed by atoms with van der Waals surface area (Å²) in [4.78, 5) is 17.4. The number of nitrogens with one attached hydrogen (secondary N) is 1. The van der Waals surface area contributed by atoms with Crippen molar-refractivity contribution in [3.05, 3.63) is 29.8 Å². The first-order valence-corrected chi connectivity index (χ1v) is 10.4. The average molecular weight is 406 g/mol. The van der Waals surface area contributed by atoms with Crippen molar-refractivity contribution in [1.82, 2.24) is 5.32 Å². The molecule has 0 heterocycles. The van der Waals surface area contributed by atoms with Gasteiger partial charge in [-0.2, -0.15) is 8.78 Å². The van der Waals surface area contributed by atoms with Crippen molar-refractivity contribution < 1.29 is 23.1 Å². The van der Waals surface area contributed by atoms with Gasteiger partial charge in [0.25, 0.3) is 5.91 Å². The molecule has 29 heavy (non-hydrogen) atoms. The Bertz CT molecular complexity index is 716. The van der Waals surface area contributed by atoms with E-state index >= 15 is 0 Å². The maximum absolute atomic E-state index is 12.3. The SMILES string of the molecule is C[C@@H](NC(=O)CO/N=C\c1ccc(OC(F)F)cc1)C12CC3CC(CC(C3)C1)C2. The highest BCUT2D eigenvalue weighted by Gasteiger charge is 2.53. The second kappa shape index (κ2) is 8.28. The molecule has 4 aliphatic rings. The predicted molar refractivity (Wildman–Crippen MR) is 105 cm³/mol. The van der Waals surface area contributed by atoms with E-state index in [2.05, 4.69) is 22.1 Å². The van der Waals surface area contributed by atoms with Gasteiger partial charge in [-0.15, -0.1) is 0 Å². The van der Waals surface area contributed by atoms with Gasteiger partial charge >= 0.3 is 6.61 Å². The number of ether oxygens (including phenoxy) is 1. The normalized spacial score (nSPS) is 31.2. The van der Waals surface area contributed by atoms with Crippen LogP contribution in [0.4, 0.5) is 8.78 Å². The highest BCUT2D eigenvalue weighted by Crippen LogP contribution is 2.61. The summed E-state index contributed by atoms with van der Waals surface area (Å²) in [6.07, 6.45) is 9.30. The minimum Gasteiger partial charge on any atom is -0.435 e. The first-order chi connectivity index (χ1) is 13.9. The van der Waals surface area contributed by atoms with Crippen molar-refractivity contribution in [1.29, 1.82) is 0 Å². The van der Waals surface area contributed by atoms with Gasteiger partial charge in [0.1, 0.15) is 5.75 Å². The largest absolute Gasteiger partial charge is 0.435 e. The molecule has 4 fully saturated rings. The van der Waals surface area contributed by atoms with Crippen LogP contribution in [0.2, 0.25) is 0 Å². The summed E-state index contributed by atoms with van der Waals surface area (Å²) in [5.74, 6) is 2.46. The van der Waals surface area contributed by atoms with E-state index in [9.17, 15) is 13.6 Å². The molecule has 158 valence electrons. The van der Waals surface area contributed by atoms with Gasteiger partial charge in [-0.1, -0.05) is 5.16 Å². The molecule has 5 nitrogen and oxygen atoms in total. The van der Waals surface area contributed by atoms with Gasteiger partial charge in [0.2, 0.25) is 0 Å². The Morgan fingerprint density at radius 1 is 1.17 bits per heavy atom. The molecule has 4 aliphatic carbocycles. The van der Waals surface area contributed by atoms with Crippen LogP contribution in [0.1, 0.15) is 51.0 Å². The number of hydrogen-bond acceptors (Lipinski definition) is 4. The molecular weight excluding hydrogens is 378 g/mol. The summed E-state index contributed by atoms with van der Waals surface area (Å²) in [5.41, 5.74) is 0.921. The van der Waals surface area contributed by atoms with Crippen LogP contribution in [-0.2, 0) is 9.63 Å². The minimum atomic E-state index is -2.85. The number of benzene rings is 1. The quantitative estimate of drug-likeness (QED) is 0.515. The fourth-order valence-corrected chi connectivity index (χ4v) is 6.07. The lowest BCUT2D eigenvalue weighted by atomic mass is 9.48. The number of hydrogen-bond donors (Lipinski definition) is 1. The van der Waals surface area contributed by atoms with Gasteiger partial charge < -0.3 is 14.9 Å². The number of carbonyl (C=O) groups excluding carboxylic acids is 1. The summed E-state index contributed by atoms with van der Waals surface area (Å²) in [7, 11) is 0. The van der Waals surface area contributed by atoms with Gasteiger partial charge in [-0.25, -0.2) is 0 Å². The number of oxime groups is 1. The van der Waals surface area contributed by atoms with Crippen LogP contribution in [0.15, 0.2) is 29.4 Å². The Hall–Kier alpha value is -2.18. The van der Waals surface area contributed by atoms with Gasteiger partial charge in [0.05, 0.1) is 6.21 Å². The van der Waals surface area contributed by atoms with Gasteiger partial charge in [0.15, 0.2) is 6.61 Å². The Morgan fingerprint density at radius 3 is 2.31 bits per heavy atom. The second-order valence-corrected chi connectivity index (χ2v) is 9.02. The molecule has 1 N–H and O–H groups in total. The molecule has 0 saturated heterocycles. The molecule has 0 unspecified atom stereocenters. The standard InChI is InChI=1S/C22H28F2N2O3/c1-14(22-9-16-6-17(10-22)8-18(7-16)11-22)26-20(27)13-28-25-12-15-2-4-19(5-3-15)29-21(23)24/h2-5,12,14,16-18,21H,6-11,13H2,1H3,(H,26,27)/b25-12-/t14-,16?,17?,18?,22?/m1/s1. The van der Waals surface area contributed by atoms with Crippen molar-refractivity contribution in [3.63, 3.8) is 0 Å². The van der Waals surface area contributed by atoms with E-state index in [-0.39, 0.29) is 29.7 Å². The third kappa shape index (κ3) is 4.70. The van der Waals surface area contributed by atoms with E-state index in [0.717, 1.165) is 17.8 Å². The van der Waals surface area contributed by atoms with Crippen molar-refractivity contribution >= 4 is 12.1 Å². The second-order valence-electron chi connectivity index (χ2n) is 9.02. The molecule has 4 saturated carbocycles. The van der Waals surface area contributed by atoms with Gasteiger partial charge in [0, 0.05) is 6.04 Å². The molecule has 1 aromatic carbocycles. The Kier molecular flexibility index (Phi) is 5.74. The first-order valence-electron chi connectivity index (χ1n) is 10.4. The number of nitrogens with zero attached hydrogens (tertiary/aromatic N) is 1. The van der Waals surface area contributed by atoms with E-state index in [4.69, 9.17) is 4.84 Å². The summed E-state index contributed by atoms with van der Waals surface area (Å²) < 4.78 is 28.6. The van der Waals surface area contributed by atoms with E-state index in [1.165, 1.54) is 56.9 Å². The Labute approximate surface area is 169 Å². The lowest BCUT2D eigenvalue weighted by Gasteiger charge is -2.59. The minimum absolute atomic E-state index is 0.0797. The zero-order valence-corrected chi connectivity index (χ0v) is 16.7. The van der Waals surface area contributed by atoms with E-state index in [0.29, 0.717) is 5.56 Å². The lowest BCUT2D eigenvalue weighted by Crippen LogP contribution is -2.56. The van der Waals surface area contributed by atoms with Crippen molar-refractivity contribution in [3.8, 4) is 5.75 Å². The fourth-order valence-electron chi connectivity index (χ4n) is 6.07. The molecule has 7 heteroatoms. The number of rotatable bonds is 8. The summed E-state index contributed by atoms with van der Waals surface area (Å²) >= 11 is 0. The van der Waals surface area contributed by atoms with Crippen LogP contribution in [0.3, 0.4) is 0 Å². The molecular formula is C22H28F2N2O3. The Balaban J connectivity index is 1.22. The predicted octanol–water partition coefficient (Wildman–Crippen LogP) is 4.36. The molecule has 0 aliphatic heterocycles. The van der Waals surface area contributed by atoms with Crippen LogP contribution < -0.4 is 10.1 Å². The molecule has 5 rings (SSSR count). The Morgan fingerprint density at radius 2 is 1.76 bits per heavy atom. The lowest BCUT2D eigenvalue weighted by molar-refractivity contribution is -0.130. The number of amides is 1. The molecule has 1 amide bonds.